The Morgan fingerprint density at radius 2 is 1.87 bits per heavy atom. The van der Waals surface area contributed by atoms with Gasteiger partial charge in [-0.15, -0.1) is 0 Å². The third-order valence-electron chi connectivity index (χ3n) is 2.81. The van der Waals surface area contributed by atoms with E-state index in [-0.39, 0.29) is 6.04 Å². The highest BCUT2D eigenvalue weighted by Crippen LogP contribution is 2.13. The van der Waals surface area contributed by atoms with Crippen LogP contribution in [0, 0.1) is 6.92 Å². The van der Waals surface area contributed by atoms with Crippen molar-refractivity contribution < 1.29 is 0 Å². The monoisotopic (exact) mass is 206 g/mol. The molecule has 1 rings (SSSR count). The molecule has 0 radical (unpaired) electrons. The van der Waals surface area contributed by atoms with Crippen molar-refractivity contribution in [2.45, 2.75) is 39.3 Å². The van der Waals surface area contributed by atoms with Crippen LogP contribution in [0.2, 0.25) is 0 Å². The Hall–Kier alpha value is -0.860. The van der Waals surface area contributed by atoms with E-state index in [1.165, 1.54) is 11.1 Å². The molecule has 15 heavy (non-hydrogen) atoms. The number of nitrogens with two attached hydrogens (primary N) is 1. The van der Waals surface area contributed by atoms with Crippen molar-refractivity contribution in [3.8, 4) is 0 Å². The minimum Gasteiger partial charge on any atom is -0.329 e. The molecule has 2 heteroatoms. The molecule has 0 aliphatic carbocycles. The van der Waals surface area contributed by atoms with Crippen LogP contribution in [0.5, 0.6) is 0 Å². The fourth-order valence-electron chi connectivity index (χ4n) is 1.56. The van der Waals surface area contributed by atoms with Gasteiger partial charge < -0.3 is 11.1 Å². The summed E-state index contributed by atoms with van der Waals surface area (Å²) in [5, 5.41) is 3.53. The van der Waals surface area contributed by atoms with E-state index in [9.17, 15) is 0 Å². The van der Waals surface area contributed by atoms with Crippen LogP contribution in [0.1, 0.15) is 37.4 Å². The molecule has 2 unspecified atom stereocenters. The fourth-order valence-corrected chi connectivity index (χ4v) is 1.56. The van der Waals surface area contributed by atoms with Crippen molar-refractivity contribution in [3.05, 3.63) is 35.4 Å². The first kappa shape index (κ1) is 12.2. The Morgan fingerprint density at radius 3 is 2.33 bits per heavy atom. The van der Waals surface area contributed by atoms with Crippen LogP contribution >= 0.6 is 0 Å². The first-order valence-corrected chi connectivity index (χ1v) is 5.70. The average molecular weight is 206 g/mol. The van der Waals surface area contributed by atoms with Crippen LogP contribution in [-0.4, -0.2) is 12.6 Å². The molecule has 0 aromatic heterocycles. The van der Waals surface area contributed by atoms with E-state index in [4.69, 9.17) is 5.73 Å². The first-order valence-electron chi connectivity index (χ1n) is 5.70. The zero-order chi connectivity index (χ0) is 11.3. The molecule has 2 nitrogen and oxygen atoms in total. The van der Waals surface area contributed by atoms with E-state index >= 15 is 0 Å². The molecule has 0 saturated heterocycles. The molecule has 0 bridgehead atoms. The summed E-state index contributed by atoms with van der Waals surface area (Å²) < 4.78 is 0. The Kier molecular flexibility index (Phi) is 4.79. The van der Waals surface area contributed by atoms with Crippen molar-refractivity contribution in [1.29, 1.82) is 0 Å². The number of hydrogen-bond donors (Lipinski definition) is 2. The predicted molar refractivity (Wildman–Crippen MR) is 65.9 cm³/mol. The predicted octanol–water partition coefficient (Wildman–Crippen LogP) is 2.38. The lowest BCUT2D eigenvalue weighted by Crippen LogP contribution is -2.34. The second-order valence-electron chi connectivity index (χ2n) is 4.17. The van der Waals surface area contributed by atoms with Gasteiger partial charge >= 0.3 is 0 Å². The van der Waals surface area contributed by atoms with E-state index in [0.29, 0.717) is 12.6 Å². The molecule has 84 valence electrons. The Balaban J connectivity index is 2.69. The van der Waals surface area contributed by atoms with Crippen LogP contribution in [0.3, 0.4) is 0 Å². The zero-order valence-corrected chi connectivity index (χ0v) is 9.96. The summed E-state index contributed by atoms with van der Waals surface area (Å²) in [7, 11) is 0. The average Bonchev–Trinajstić information content (AvgIpc) is 2.27. The SMILES string of the molecule is CCC(C)NC(CN)c1ccc(C)cc1. The van der Waals surface area contributed by atoms with Crippen LogP contribution < -0.4 is 11.1 Å². The second-order valence-corrected chi connectivity index (χ2v) is 4.17. The molecule has 0 aliphatic rings. The minimum atomic E-state index is 0.278. The molecular formula is C13H22N2. The van der Waals surface area contributed by atoms with Crippen LogP contribution in [-0.2, 0) is 0 Å². The number of hydrogen-bond acceptors (Lipinski definition) is 2. The molecule has 2 atom stereocenters. The lowest BCUT2D eigenvalue weighted by Gasteiger charge is -2.21. The topological polar surface area (TPSA) is 38.0 Å². The van der Waals surface area contributed by atoms with Gasteiger partial charge in [0.2, 0.25) is 0 Å². The molecule has 0 aliphatic heterocycles. The zero-order valence-electron chi connectivity index (χ0n) is 9.96. The van der Waals surface area contributed by atoms with E-state index in [1.54, 1.807) is 0 Å². The third-order valence-corrected chi connectivity index (χ3v) is 2.81. The van der Waals surface area contributed by atoms with Crippen LogP contribution in [0.25, 0.3) is 0 Å². The molecule has 0 heterocycles. The number of benzene rings is 1. The summed E-state index contributed by atoms with van der Waals surface area (Å²) in [6, 6.07) is 9.37. The maximum absolute atomic E-state index is 5.78. The lowest BCUT2D eigenvalue weighted by atomic mass is 10.0. The highest BCUT2D eigenvalue weighted by atomic mass is 15.0. The summed E-state index contributed by atoms with van der Waals surface area (Å²) in [5.41, 5.74) is 8.35. The Labute approximate surface area is 92.9 Å². The van der Waals surface area contributed by atoms with E-state index < -0.39 is 0 Å². The molecule has 0 saturated carbocycles. The smallest absolute Gasteiger partial charge is 0.0446 e. The summed E-state index contributed by atoms with van der Waals surface area (Å²) >= 11 is 0. The van der Waals surface area contributed by atoms with E-state index in [1.807, 2.05) is 0 Å². The number of rotatable bonds is 5. The molecular weight excluding hydrogens is 184 g/mol. The second kappa shape index (κ2) is 5.89. The van der Waals surface area contributed by atoms with Crippen molar-refractivity contribution in [2.75, 3.05) is 6.54 Å². The maximum atomic E-state index is 5.78. The van der Waals surface area contributed by atoms with E-state index in [0.717, 1.165) is 6.42 Å². The normalized spacial score (nSPS) is 14.9. The molecule has 1 aromatic rings. The quantitative estimate of drug-likeness (QED) is 0.776. The molecule has 0 fully saturated rings. The molecule has 3 N–H and O–H groups in total. The summed E-state index contributed by atoms with van der Waals surface area (Å²) in [6.07, 6.45) is 1.13. The van der Waals surface area contributed by atoms with Gasteiger partial charge in [-0.05, 0) is 25.8 Å². The van der Waals surface area contributed by atoms with Crippen molar-refractivity contribution in [1.82, 2.24) is 5.32 Å². The van der Waals surface area contributed by atoms with Gasteiger partial charge in [0.15, 0.2) is 0 Å². The lowest BCUT2D eigenvalue weighted by molar-refractivity contribution is 0.452. The fraction of sp³-hybridized carbons (Fsp3) is 0.538. The van der Waals surface area contributed by atoms with Gasteiger partial charge in [0.05, 0.1) is 0 Å². The van der Waals surface area contributed by atoms with E-state index in [2.05, 4.69) is 50.4 Å². The largest absolute Gasteiger partial charge is 0.329 e. The van der Waals surface area contributed by atoms with Gasteiger partial charge in [0.25, 0.3) is 0 Å². The van der Waals surface area contributed by atoms with Crippen LogP contribution in [0.4, 0.5) is 0 Å². The molecule has 1 aromatic carbocycles. The van der Waals surface area contributed by atoms with Gasteiger partial charge in [-0.1, -0.05) is 36.8 Å². The summed E-state index contributed by atoms with van der Waals surface area (Å²) in [6.45, 7) is 7.12. The van der Waals surface area contributed by atoms with Crippen molar-refractivity contribution in [3.63, 3.8) is 0 Å². The Morgan fingerprint density at radius 1 is 1.27 bits per heavy atom. The van der Waals surface area contributed by atoms with Gasteiger partial charge in [-0.25, -0.2) is 0 Å². The van der Waals surface area contributed by atoms with Gasteiger partial charge in [-0.2, -0.15) is 0 Å². The molecule has 0 amide bonds. The van der Waals surface area contributed by atoms with Gasteiger partial charge in [-0.3, -0.25) is 0 Å². The van der Waals surface area contributed by atoms with Gasteiger partial charge in [0.1, 0.15) is 0 Å². The van der Waals surface area contributed by atoms with Crippen molar-refractivity contribution in [2.24, 2.45) is 5.73 Å². The minimum absolute atomic E-state index is 0.278. The highest BCUT2D eigenvalue weighted by molar-refractivity contribution is 5.24. The highest BCUT2D eigenvalue weighted by Gasteiger charge is 2.10. The maximum Gasteiger partial charge on any atom is 0.0446 e. The summed E-state index contributed by atoms with van der Waals surface area (Å²) in [4.78, 5) is 0. The standard InChI is InChI=1S/C13H22N2/c1-4-11(3)15-13(9-14)12-7-5-10(2)6-8-12/h5-8,11,13,15H,4,9,14H2,1-3H3. The third kappa shape index (κ3) is 3.65. The van der Waals surface area contributed by atoms with Crippen LogP contribution in [0.15, 0.2) is 24.3 Å². The first-order chi connectivity index (χ1) is 7.17. The van der Waals surface area contributed by atoms with Crippen molar-refractivity contribution >= 4 is 0 Å². The molecule has 0 spiro atoms. The number of aryl methyl sites for hydroxylation is 1. The van der Waals surface area contributed by atoms with Gasteiger partial charge in [0, 0.05) is 18.6 Å². The number of nitrogens with one attached hydrogen (secondary N) is 1. The summed E-state index contributed by atoms with van der Waals surface area (Å²) in [5.74, 6) is 0. The Bertz CT molecular complexity index is 279.